The standard InChI is InChI=1S/C33H37N7O/c1-22-10-11-23(2)30(18-22)38-14-16-39(17-15-38)31(28-21-27-19-24(3)25(4)20-29(27)34-33(28)41)32-35-36-37-40(32)13-12-26-8-6-5-7-9-26/h5-11,18-21,31H,12-17H2,1-4H3,(H,34,41). The van der Waals surface area contributed by atoms with Crippen LogP contribution in [0.3, 0.4) is 0 Å². The second-order valence-corrected chi connectivity index (χ2v) is 11.3. The third-order valence-corrected chi connectivity index (χ3v) is 8.43. The van der Waals surface area contributed by atoms with Gasteiger partial charge in [-0.3, -0.25) is 9.69 Å². The van der Waals surface area contributed by atoms with Crippen molar-refractivity contribution < 1.29 is 0 Å². The lowest BCUT2D eigenvalue weighted by Crippen LogP contribution is -2.49. The number of nitrogens with one attached hydrogen (secondary N) is 1. The summed E-state index contributed by atoms with van der Waals surface area (Å²) in [4.78, 5) is 21.7. The fourth-order valence-electron chi connectivity index (χ4n) is 5.92. The summed E-state index contributed by atoms with van der Waals surface area (Å²) < 4.78 is 1.87. The molecule has 8 heteroatoms. The van der Waals surface area contributed by atoms with Crippen LogP contribution in [-0.4, -0.2) is 56.3 Å². The third kappa shape index (κ3) is 5.52. The summed E-state index contributed by atoms with van der Waals surface area (Å²) in [6, 6.07) is 22.9. The van der Waals surface area contributed by atoms with Crippen molar-refractivity contribution in [2.24, 2.45) is 0 Å². The predicted octanol–water partition coefficient (Wildman–Crippen LogP) is 4.90. The molecule has 210 valence electrons. The van der Waals surface area contributed by atoms with Crippen LogP contribution in [0.25, 0.3) is 10.9 Å². The Hall–Kier alpha value is -4.30. The van der Waals surface area contributed by atoms with Crippen molar-refractivity contribution in [1.82, 2.24) is 30.1 Å². The van der Waals surface area contributed by atoms with Gasteiger partial charge < -0.3 is 9.88 Å². The molecule has 6 rings (SSSR count). The van der Waals surface area contributed by atoms with E-state index >= 15 is 0 Å². The summed E-state index contributed by atoms with van der Waals surface area (Å²) in [5.41, 5.74) is 8.83. The predicted molar refractivity (Wildman–Crippen MR) is 164 cm³/mol. The number of pyridine rings is 1. The first kappa shape index (κ1) is 26.9. The van der Waals surface area contributed by atoms with Crippen LogP contribution in [0, 0.1) is 27.7 Å². The number of aromatic nitrogens is 5. The van der Waals surface area contributed by atoms with Crippen LogP contribution >= 0.6 is 0 Å². The van der Waals surface area contributed by atoms with Crippen molar-refractivity contribution in [3.8, 4) is 0 Å². The highest BCUT2D eigenvalue weighted by molar-refractivity contribution is 5.81. The molecule has 0 aliphatic carbocycles. The Morgan fingerprint density at radius 3 is 2.39 bits per heavy atom. The van der Waals surface area contributed by atoms with Crippen molar-refractivity contribution in [3.63, 3.8) is 0 Å². The Bertz CT molecular complexity index is 1730. The molecule has 2 aromatic heterocycles. The summed E-state index contributed by atoms with van der Waals surface area (Å²) >= 11 is 0. The van der Waals surface area contributed by atoms with Gasteiger partial charge in [0.2, 0.25) is 0 Å². The Morgan fingerprint density at radius 2 is 1.61 bits per heavy atom. The van der Waals surface area contributed by atoms with Crippen LogP contribution in [0.2, 0.25) is 0 Å². The largest absolute Gasteiger partial charge is 0.369 e. The van der Waals surface area contributed by atoms with Crippen molar-refractivity contribution in [1.29, 1.82) is 0 Å². The number of hydrogen-bond acceptors (Lipinski definition) is 6. The molecule has 1 saturated heterocycles. The number of nitrogens with zero attached hydrogens (tertiary/aromatic N) is 6. The van der Waals surface area contributed by atoms with E-state index in [2.05, 4.69) is 100 Å². The molecule has 0 saturated carbocycles. The first-order valence-corrected chi connectivity index (χ1v) is 14.4. The molecule has 3 heterocycles. The number of benzene rings is 3. The van der Waals surface area contributed by atoms with E-state index in [-0.39, 0.29) is 11.6 Å². The maximum Gasteiger partial charge on any atom is 0.253 e. The van der Waals surface area contributed by atoms with Gasteiger partial charge >= 0.3 is 0 Å². The minimum atomic E-state index is -0.365. The highest BCUT2D eigenvalue weighted by atomic mass is 16.1. The molecule has 1 N–H and O–H groups in total. The minimum absolute atomic E-state index is 0.0969. The smallest absolute Gasteiger partial charge is 0.253 e. The van der Waals surface area contributed by atoms with Crippen molar-refractivity contribution in [3.05, 3.63) is 116 Å². The molecular formula is C33H37N7O. The quantitative estimate of drug-likeness (QED) is 0.312. The van der Waals surface area contributed by atoms with Gasteiger partial charge in [-0.15, -0.1) is 5.10 Å². The van der Waals surface area contributed by atoms with Gasteiger partial charge in [-0.2, -0.15) is 0 Å². The van der Waals surface area contributed by atoms with Crippen LogP contribution in [0.15, 0.2) is 71.5 Å². The van der Waals surface area contributed by atoms with Crippen LogP contribution in [-0.2, 0) is 13.0 Å². The normalized spacial score (nSPS) is 15.0. The monoisotopic (exact) mass is 547 g/mol. The highest BCUT2D eigenvalue weighted by Gasteiger charge is 2.33. The second kappa shape index (κ2) is 11.3. The summed E-state index contributed by atoms with van der Waals surface area (Å²) in [6.45, 7) is 12.4. The molecule has 3 aromatic carbocycles. The number of aryl methyl sites for hydroxylation is 6. The minimum Gasteiger partial charge on any atom is -0.369 e. The highest BCUT2D eigenvalue weighted by Crippen LogP contribution is 2.30. The van der Waals surface area contributed by atoms with E-state index in [1.54, 1.807) is 0 Å². The SMILES string of the molecule is Cc1ccc(C)c(N2CCN(C(c3cc4cc(C)c(C)cc4[nH]c3=O)c3nnnn3CCc3ccccc3)CC2)c1. The van der Waals surface area contributed by atoms with E-state index in [1.807, 2.05) is 28.9 Å². The number of hydrogen-bond donors (Lipinski definition) is 1. The van der Waals surface area contributed by atoms with Gasteiger partial charge in [0.05, 0.1) is 0 Å². The van der Waals surface area contributed by atoms with E-state index in [4.69, 9.17) is 0 Å². The molecule has 8 nitrogen and oxygen atoms in total. The van der Waals surface area contributed by atoms with Crippen LogP contribution in [0.4, 0.5) is 5.69 Å². The van der Waals surface area contributed by atoms with E-state index in [1.165, 1.54) is 27.9 Å². The molecule has 0 spiro atoms. The zero-order valence-corrected chi connectivity index (χ0v) is 24.3. The van der Waals surface area contributed by atoms with Gasteiger partial charge in [0.25, 0.3) is 5.56 Å². The third-order valence-electron chi connectivity index (χ3n) is 8.43. The van der Waals surface area contributed by atoms with E-state index in [0.29, 0.717) is 17.9 Å². The van der Waals surface area contributed by atoms with Crippen LogP contribution in [0.1, 0.15) is 45.2 Å². The van der Waals surface area contributed by atoms with Gasteiger partial charge in [-0.25, -0.2) is 4.68 Å². The Labute approximate surface area is 240 Å². The molecule has 1 fully saturated rings. The second-order valence-electron chi connectivity index (χ2n) is 11.3. The van der Waals surface area contributed by atoms with Gasteiger partial charge in [-0.1, -0.05) is 42.5 Å². The first-order valence-electron chi connectivity index (χ1n) is 14.4. The number of fused-ring (bicyclic) bond motifs is 1. The summed E-state index contributed by atoms with van der Waals surface area (Å²) in [6.07, 6.45) is 0.804. The fourth-order valence-corrected chi connectivity index (χ4v) is 5.92. The lowest BCUT2D eigenvalue weighted by Gasteiger charge is -2.40. The molecule has 1 aliphatic heterocycles. The van der Waals surface area contributed by atoms with E-state index in [0.717, 1.165) is 49.1 Å². The number of H-pyrrole nitrogens is 1. The lowest BCUT2D eigenvalue weighted by atomic mass is 10.00. The topological polar surface area (TPSA) is 82.9 Å². The van der Waals surface area contributed by atoms with E-state index < -0.39 is 0 Å². The zero-order valence-electron chi connectivity index (χ0n) is 24.3. The molecule has 1 atom stereocenters. The van der Waals surface area contributed by atoms with E-state index in [9.17, 15) is 4.79 Å². The van der Waals surface area contributed by atoms with Crippen LogP contribution < -0.4 is 10.5 Å². The average molecular weight is 548 g/mol. The molecule has 5 aromatic rings. The van der Waals surface area contributed by atoms with Crippen molar-refractivity contribution in [2.45, 2.75) is 46.7 Å². The maximum absolute atomic E-state index is 13.7. The molecule has 0 bridgehead atoms. The van der Waals surface area contributed by atoms with Crippen molar-refractivity contribution >= 4 is 16.6 Å². The number of anilines is 1. The fraction of sp³-hybridized carbons (Fsp3) is 0.333. The van der Waals surface area contributed by atoms with Gasteiger partial charge in [0, 0.05) is 49.5 Å². The Kier molecular flexibility index (Phi) is 7.41. The van der Waals surface area contributed by atoms with Gasteiger partial charge in [-0.05, 0) is 102 Å². The number of tetrazole rings is 1. The first-order chi connectivity index (χ1) is 19.9. The van der Waals surface area contributed by atoms with Gasteiger partial charge in [0.1, 0.15) is 6.04 Å². The maximum atomic E-state index is 13.7. The molecule has 1 aliphatic rings. The average Bonchev–Trinajstić information content (AvgIpc) is 3.44. The lowest BCUT2D eigenvalue weighted by molar-refractivity contribution is 0.199. The molecular weight excluding hydrogens is 510 g/mol. The van der Waals surface area contributed by atoms with Crippen molar-refractivity contribution in [2.75, 3.05) is 31.1 Å². The van der Waals surface area contributed by atoms with Crippen LogP contribution in [0.5, 0.6) is 0 Å². The molecule has 0 radical (unpaired) electrons. The Balaban J connectivity index is 1.37. The number of piperazine rings is 1. The van der Waals surface area contributed by atoms with Gasteiger partial charge in [0.15, 0.2) is 5.82 Å². The number of rotatable bonds is 7. The molecule has 41 heavy (non-hydrogen) atoms. The summed E-state index contributed by atoms with van der Waals surface area (Å²) in [5, 5.41) is 14.0. The molecule has 0 amide bonds. The zero-order chi connectivity index (χ0) is 28.5. The summed E-state index contributed by atoms with van der Waals surface area (Å²) in [5.74, 6) is 0.704. The summed E-state index contributed by atoms with van der Waals surface area (Å²) in [7, 11) is 0. The Morgan fingerprint density at radius 1 is 0.854 bits per heavy atom. The number of aromatic amines is 1. The molecule has 1 unspecified atom stereocenters.